The molecule has 0 saturated heterocycles. The van der Waals surface area contributed by atoms with Crippen molar-refractivity contribution in [3.05, 3.63) is 64.7 Å². The first kappa shape index (κ1) is 15.4. The summed E-state index contributed by atoms with van der Waals surface area (Å²) in [6.07, 6.45) is -0.601. The average molecular weight is 292 g/mol. The maximum atomic E-state index is 14.1. The van der Waals surface area contributed by atoms with Crippen LogP contribution in [0.1, 0.15) is 36.1 Å². The molecule has 2 aromatic carbocycles. The summed E-state index contributed by atoms with van der Waals surface area (Å²) in [6.45, 7) is 3.96. The molecule has 0 fully saturated rings. The van der Waals surface area contributed by atoms with Gasteiger partial charge in [-0.1, -0.05) is 31.2 Å². The normalized spacial score (nSPS) is 12.2. The molecular weight excluding hydrogens is 274 g/mol. The van der Waals surface area contributed by atoms with Crippen molar-refractivity contribution < 1.29 is 18.6 Å². The average Bonchev–Trinajstić information content (AvgIpc) is 2.49. The Morgan fingerprint density at radius 3 is 2.57 bits per heavy atom. The number of aliphatic hydroxyl groups excluding tert-OH is 1. The highest BCUT2D eigenvalue weighted by Crippen LogP contribution is 2.33. The second-order valence-corrected chi connectivity index (χ2v) is 4.88. The standard InChI is InChI=1S/C17H18F2O2/c1-3-10-21-14-7-5-4-6-12(14)17(20)15-13(18)9-8-11(2)16(15)19/h4-9,17,20H,3,10H2,1-2H3. The highest BCUT2D eigenvalue weighted by molar-refractivity contribution is 5.42. The molecule has 112 valence electrons. The summed E-state index contributed by atoms with van der Waals surface area (Å²) in [5.41, 5.74) is 0.300. The lowest BCUT2D eigenvalue weighted by Crippen LogP contribution is -2.09. The van der Waals surface area contributed by atoms with Crippen LogP contribution < -0.4 is 4.74 Å². The van der Waals surface area contributed by atoms with Crippen LogP contribution in [0.3, 0.4) is 0 Å². The first-order valence-corrected chi connectivity index (χ1v) is 6.90. The molecule has 2 aromatic rings. The highest BCUT2D eigenvalue weighted by Gasteiger charge is 2.23. The molecule has 0 aromatic heterocycles. The number of aliphatic hydroxyl groups is 1. The van der Waals surface area contributed by atoms with Gasteiger partial charge < -0.3 is 9.84 Å². The predicted octanol–water partition coefficient (Wildman–Crippen LogP) is 4.14. The van der Waals surface area contributed by atoms with Gasteiger partial charge in [0.25, 0.3) is 0 Å². The molecule has 21 heavy (non-hydrogen) atoms. The van der Waals surface area contributed by atoms with Crippen molar-refractivity contribution in [2.24, 2.45) is 0 Å². The fraction of sp³-hybridized carbons (Fsp3) is 0.294. The Labute approximate surface area is 123 Å². The van der Waals surface area contributed by atoms with Gasteiger partial charge in [0.15, 0.2) is 0 Å². The van der Waals surface area contributed by atoms with Gasteiger partial charge in [-0.05, 0) is 31.0 Å². The second-order valence-electron chi connectivity index (χ2n) is 4.88. The van der Waals surface area contributed by atoms with E-state index in [2.05, 4.69) is 0 Å². The Kier molecular flexibility index (Phi) is 4.91. The van der Waals surface area contributed by atoms with Crippen molar-refractivity contribution in [3.8, 4) is 5.75 Å². The van der Waals surface area contributed by atoms with Gasteiger partial charge in [0.05, 0.1) is 12.2 Å². The van der Waals surface area contributed by atoms with E-state index in [-0.39, 0.29) is 11.1 Å². The highest BCUT2D eigenvalue weighted by atomic mass is 19.1. The third kappa shape index (κ3) is 3.22. The van der Waals surface area contributed by atoms with Gasteiger partial charge in [-0.15, -0.1) is 0 Å². The predicted molar refractivity (Wildman–Crippen MR) is 77.4 cm³/mol. The molecule has 2 rings (SSSR count). The van der Waals surface area contributed by atoms with Gasteiger partial charge in [-0.3, -0.25) is 0 Å². The maximum Gasteiger partial charge on any atom is 0.135 e. The molecule has 0 aliphatic heterocycles. The largest absolute Gasteiger partial charge is 0.493 e. The Hall–Kier alpha value is -1.94. The van der Waals surface area contributed by atoms with Crippen LogP contribution in [0.15, 0.2) is 36.4 Å². The lowest BCUT2D eigenvalue weighted by atomic mass is 9.98. The van der Waals surface area contributed by atoms with Crippen molar-refractivity contribution >= 4 is 0 Å². The topological polar surface area (TPSA) is 29.5 Å². The van der Waals surface area contributed by atoms with Crippen LogP contribution in [0.2, 0.25) is 0 Å². The first-order valence-electron chi connectivity index (χ1n) is 6.90. The van der Waals surface area contributed by atoms with E-state index in [0.29, 0.717) is 17.9 Å². The maximum absolute atomic E-state index is 14.1. The smallest absolute Gasteiger partial charge is 0.135 e. The molecule has 1 atom stereocenters. The SMILES string of the molecule is CCCOc1ccccc1C(O)c1c(F)ccc(C)c1F. The number of hydrogen-bond acceptors (Lipinski definition) is 2. The van der Waals surface area contributed by atoms with E-state index in [0.717, 1.165) is 12.5 Å². The fourth-order valence-corrected chi connectivity index (χ4v) is 2.13. The Morgan fingerprint density at radius 2 is 1.86 bits per heavy atom. The zero-order valence-electron chi connectivity index (χ0n) is 12.1. The number of para-hydroxylation sites is 1. The van der Waals surface area contributed by atoms with Crippen molar-refractivity contribution in [3.63, 3.8) is 0 Å². The summed E-state index contributed by atoms with van der Waals surface area (Å²) in [5.74, 6) is -1.06. The molecule has 0 heterocycles. The first-order chi connectivity index (χ1) is 10.1. The summed E-state index contributed by atoms with van der Waals surface area (Å²) in [6, 6.07) is 9.25. The quantitative estimate of drug-likeness (QED) is 0.897. The third-order valence-electron chi connectivity index (χ3n) is 3.27. The van der Waals surface area contributed by atoms with Gasteiger partial charge in [0, 0.05) is 5.56 Å². The number of rotatable bonds is 5. The number of halogens is 2. The molecule has 2 nitrogen and oxygen atoms in total. The summed E-state index contributed by atoms with van der Waals surface area (Å²) in [7, 11) is 0. The molecule has 0 spiro atoms. The zero-order valence-corrected chi connectivity index (χ0v) is 12.1. The number of hydrogen-bond donors (Lipinski definition) is 1. The van der Waals surface area contributed by atoms with Gasteiger partial charge >= 0.3 is 0 Å². The molecule has 0 saturated carbocycles. The van der Waals surface area contributed by atoms with Crippen LogP contribution in [0, 0.1) is 18.6 Å². The Morgan fingerprint density at radius 1 is 1.14 bits per heavy atom. The Bertz CT molecular complexity index is 626. The van der Waals surface area contributed by atoms with Crippen molar-refractivity contribution in [1.29, 1.82) is 0 Å². The molecule has 0 aliphatic carbocycles. The van der Waals surface area contributed by atoms with Crippen LogP contribution in [0.5, 0.6) is 5.75 Å². The van der Waals surface area contributed by atoms with Gasteiger partial charge in [0.1, 0.15) is 23.5 Å². The van der Waals surface area contributed by atoms with E-state index in [1.165, 1.54) is 13.0 Å². The Balaban J connectivity index is 2.45. The van der Waals surface area contributed by atoms with Gasteiger partial charge in [0.2, 0.25) is 0 Å². The third-order valence-corrected chi connectivity index (χ3v) is 3.27. The molecule has 0 amide bonds. The van der Waals surface area contributed by atoms with Crippen LogP contribution >= 0.6 is 0 Å². The number of benzene rings is 2. The molecular formula is C17H18F2O2. The lowest BCUT2D eigenvalue weighted by Gasteiger charge is -2.18. The van der Waals surface area contributed by atoms with Gasteiger partial charge in [-0.2, -0.15) is 0 Å². The van der Waals surface area contributed by atoms with E-state index in [4.69, 9.17) is 4.74 Å². The molecule has 0 aliphatic rings. The zero-order chi connectivity index (χ0) is 15.4. The van der Waals surface area contributed by atoms with E-state index in [1.54, 1.807) is 24.3 Å². The van der Waals surface area contributed by atoms with E-state index in [9.17, 15) is 13.9 Å². The minimum atomic E-state index is -1.40. The van der Waals surface area contributed by atoms with Crippen LogP contribution in [0.25, 0.3) is 0 Å². The fourth-order valence-electron chi connectivity index (χ4n) is 2.13. The van der Waals surface area contributed by atoms with Crippen molar-refractivity contribution in [2.75, 3.05) is 6.61 Å². The molecule has 0 bridgehead atoms. The second kappa shape index (κ2) is 6.68. The minimum absolute atomic E-state index is 0.289. The minimum Gasteiger partial charge on any atom is -0.493 e. The van der Waals surface area contributed by atoms with Crippen LogP contribution in [0.4, 0.5) is 8.78 Å². The van der Waals surface area contributed by atoms with E-state index in [1.807, 2.05) is 6.92 Å². The number of ether oxygens (including phenoxy) is 1. The molecule has 4 heteroatoms. The number of aryl methyl sites for hydroxylation is 1. The molecule has 1 N–H and O–H groups in total. The molecule has 0 radical (unpaired) electrons. The summed E-state index contributed by atoms with van der Waals surface area (Å²) < 4.78 is 33.6. The van der Waals surface area contributed by atoms with Crippen LogP contribution in [-0.4, -0.2) is 11.7 Å². The van der Waals surface area contributed by atoms with E-state index >= 15 is 0 Å². The van der Waals surface area contributed by atoms with Crippen LogP contribution in [-0.2, 0) is 0 Å². The summed E-state index contributed by atoms with van der Waals surface area (Å²) >= 11 is 0. The summed E-state index contributed by atoms with van der Waals surface area (Å²) in [4.78, 5) is 0. The summed E-state index contributed by atoms with van der Waals surface area (Å²) in [5, 5.41) is 10.4. The lowest BCUT2D eigenvalue weighted by molar-refractivity contribution is 0.200. The van der Waals surface area contributed by atoms with Crippen molar-refractivity contribution in [1.82, 2.24) is 0 Å². The van der Waals surface area contributed by atoms with E-state index < -0.39 is 17.7 Å². The molecule has 1 unspecified atom stereocenters. The van der Waals surface area contributed by atoms with Gasteiger partial charge in [-0.25, -0.2) is 8.78 Å². The van der Waals surface area contributed by atoms with Crippen molar-refractivity contribution in [2.45, 2.75) is 26.4 Å². The monoisotopic (exact) mass is 292 g/mol.